The van der Waals surface area contributed by atoms with E-state index in [1.54, 1.807) is 48.5 Å². The Hall–Kier alpha value is -3.68. The average Bonchev–Trinajstić information content (AvgIpc) is 2.96. The second-order valence-electron chi connectivity index (χ2n) is 5.55. The summed E-state index contributed by atoms with van der Waals surface area (Å²) in [4.78, 5) is 23.5. The number of fused-ring (bicyclic) bond motifs is 1. The minimum Gasteiger partial charge on any atom is -0.493 e. The van der Waals surface area contributed by atoms with Crippen molar-refractivity contribution in [2.75, 3.05) is 13.7 Å². The lowest BCUT2D eigenvalue weighted by Gasteiger charge is -2.04. The molecule has 1 aromatic heterocycles. The van der Waals surface area contributed by atoms with E-state index in [9.17, 15) is 14.7 Å². The summed E-state index contributed by atoms with van der Waals surface area (Å²) in [7, 11) is 1.26. The Morgan fingerprint density at radius 2 is 1.78 bits per heavy atom. The van der Waals surface area contributed by atoms with Crippen molar-refractivity contribution in [3.05, 3.63) is 54.6 Å². The molecule has 3 aromatic rings. The standard InChI is InChI=1S/C19H17N3O5/c1-26-17(24)11-22-15-10-6-5-9-14(15)18(19(22)25)21-20-16(23)12-27-13-7-3-2-4-8-13/h2-10,25H,11-12H2,1H3. The molecule has 0 spiro atoms. The van der Waals surface area contributed by atoms with Crippen molar-refractivity contribution >= 4 is 28.5 Å². The van der Waals surface area contributed by atoms with E-state index in [0.717, 1.165) is 0 Å². The normalized spacial score (nSPS) is 11.0. The van der Waals surface area contributed by atoms with Crippen molar-refractivity contribution in [1.82, 2.24) is 4.57 Å². The molecular formula is C19H17N3O5. The molecule has 27 heavy (non-hydrogen) atoms. The molecule has 0 unspecified atom stereocenters. The van der Waals surface area contributed by atoms with E-state index < -0.39 is 11.9 Å². The summed E-state index contributed by atoms with van der Waals surface area (Å²) < 4.78 is 11.3. The summed E-state index contributed by atoms with van der Waals surface area (Å²) in [5.74, 6) is -0.870. The molecule has 0 radical (unpaired) electrons. The van der Waals surface area contributed by atoms with Gasteiger partial charge in [0, 0.05) is 5.39 Å². The lowest BCUT2D eigenvalue weighted by Crippen LogP contribution is -2.10. The number of ether oxygens (including phenoxy) is 2. The highest BCUT2D eigenvalue weighted by Gasteiger charge is 2.18. The van der Waals surface area contributed by atoms with Crippen molar-refractivity contribution in [3.8, 4) is 11.6 Å². The van der Waals surface area contributed by atoms with Crippen LogP contribution in [0.25, 0.3) is 10.9 Å². The summed E-state index contributed by atoms with van der Waals surface area (Å²) in [5, 5.41) is 18.5. The number of benzene rings is 2. The van der Waals surface area contributed by atoms with Gasteiger partial charge >= 0.3 is 11.9 Å². The van der Waals surface area contributed by atoms with E-state index >= 15 is 0 Å². The number of hydrogen-bond acceptors (Lipinski definition) is 6. The third-order valence-corrected chi connectivity index (χ3v) is 3.80. The number of amides is 1. The second-order valence-corrected chi connectivity index (χ2v) is 5.55. The van der Waals surface area contributed by atoms with E-state index in [-0.39, 0.29) is 24.7 Å². The van der Waals surface area contributed by atoms with Crippen LogP contribution in [0.5, 0.6) is 11.6 Å². The quantitative estimate of drug-likeness (QED) is 0.532. The zero-order valence-corrected chi connectivity index (χ0v) is 14.5. The fourth-order valence-electron chi connectivity index (χ4n) is 2.52. The van der Waals surface area contributed by atoms with Gasteiger partial charge in [0.1, 0.15) is 12.3 Å². The maximum atomic E-state index is 11.9. The maximum Gasteiger partial charge on any atom is 0.325 e. The summed E-state index contributed by atoms with van der Waals surface area (Å²) in [6.45, 7) is -0.474. The first-order valence-corrected chi connectivity index (χ1v) is 8.09. The van der Waals surface area contributed by atoms with Gasteiger partial charge in [0.2, 0.25) is 5.88 Å². The first kappa shape index (κ1) is 18.1. The van der Waals surface area contributed by atoms with Crippen LogP contribution in [0.3, 0.4) is 0 Å². The van der Waals surface area contributed by atoms with E-state index in [1.807, 2.05) is 6.07 Å². The van der Waals surface area contributed by atoms with Gasteiger partial charge in [0.15, 0.2) is 12.3 Å². The number of carbonyl (C=O) groups is 2. The molecule has 138 valence electrons. The topological polar surface area (TPSA) is 102 Å². The van der Waals surface area contributed by atoms with Gasteiger partial charge in [-0.2, -0.15) is 0 Å². The van der Waals surface area contributed by atoms with Crippen LogP contribution in [-0.2, 0) is 20.9 Å². The first-order chi connectivity index (χ1) is 13.1. The van der Waals surface area contributed by atoms with Crippen LogP contribution in [0, 0.1) is 0 Å². The predicted molar refractivity (Wildman–Crippen MR) is 97.1 cm³/mol. The van der Waals surface area contributed by atoms with Gasteiger partial charge in [-0.25, -0.2) is 0 Å². The second kappa shape index (κ2) is 8.13. The third kappa shape index (κ3) is 4.12. The number of carbonyl (C=O) groups excluding carboxylic acids is 2. The molecule has 0 bridgehead atoms. The molecule has 1 amide bonds. The van der Waals surface area contributed by atoms with Gasteiger partial charge in [-0.3, -0.25) is 14.2 Å². The van der Waals surface area contributed by atoms with Crippen molar-refractivity contribution in [2.24, 2.45) is 10.2 Å². The van der Waals surface area contributed by atoms with E-state index in [2.05, 4.69) is 15.0 Å². The molecule has 0 aliphatic carbocycles. The van der Waals surface area contributed by atoms with E-state index in [0.29, 0.717) is 16.7 Å². The Morgan fingerprint density at radius 3 is 2.52 bits per heavy atom. The van der Waals surface area contributed by atoms with Crippen LogP contribution in [0.1, 0.15) is 0 Å². The van der Waals surface area contributed by atoms with Gasteiger partial charge in [-0.15, -0.1) is 10.2 Å². The van der Waals surface area contributed by atoms with Crippen molar-refractivity contribution < 1.29 is 24.2 Å². The van der Waals surface area contributed by atoms with Gasteiger partial charge in [-0.1, -0.05) is 36.4 Å². The number of nitrogens with zero attached hydrogens (tertiary/aromatic N) is 3. The lowest BCUT2D eigenvalue weighted by molar-refractivity contribution is -0.141. The lowest BCUT2D eigenvalue weighted by atomic mass is 10.2. The fraction of sp³-hybridized carbons (Fsp3) is 0.158. The maximum absolute atomic E-state index is 11.9. The first-order valence-electron chi connectivity index (χ1n) is 8.09. The number of aromatic nitrogens is 1. The molecule has 0 atom stereocenters. The monoisotopic (exact) mass is 367 g/mol. The molecule has 8 heteroatoms. The van der Waals surface area contributed by atoms with Gasteiger partial charge in [-0.05, 0) is 18.2 Å². The Morgan fingerprint density at radius 1 is 1.07 bits per heavy atom. The number of para-hydroxylation sites is 2. The van der Waals surface area contributed by atoms with E-state index in [4.69, 9.17) is 4.74 Å². The molecule has 8 nitrogen and oxygen atoms in total. The summed E-state index contributed by atoms with van der Waals surface area (Å²) in [5.41, 5.74) is 0.671. The zero-order valence-electron chi connectivity index (χ0n) is 14.5. The molecule has 0 saturated heterocycles. The van der Waals surface area contributed by atoms with Crippen LogP contribution in [0.4, 0.5) is 5.69 Å². The molecule has 1 N–H and O–H groups in total. The molecule has 3 rings (SSSR count). The van der Waals surface area contributed by atoms with Crippen molar-refractivity contribution in [3.63, 3.8) is 0 Å². The van der Waals surface area contributed by atoms with Gasteiger partial charge in [0.05, 0.1) is 12.6 Å². The zero-order chi connectivity index (χ0) is 19.2. The molecule has 1 heterocycles. The minimum absolute atomic E-state index is 0.0996. The molecule has 0 aliphatic rings. The molecule has 0 aliphatic heterocycles. The summed E-state index contributed by atoms with van der Waals surface area (Å²) in [6.07, 6.45) is 0. The fourth-order valence-corrected chi connectivity index (χ4v) is 2.52. The Labute approximate surface area is 154 Å². The summed E-state index contributed by atoms with van der Waals surface area (Å²) in [6, 6.07) is 15.8. The molecular weight excluding hydrogens is 350 g/mol. The van der Waals surface area contributed by atoms with Crippen LogP contribution in [0.2, 0.25) is 0 Å². The number of rotatable bonds is 6. The Balaban J connectivity index is 1.81. The SMILES string of the molecule is COC(=O)Cn1c(O)c(N=NC(=O)COc2ccccc2)c2ccccc21. The Kier molecular flexibility index (Phi) is 5.46. The van der Waals surface area contributed by atoms with Crippen molar-refractivity contribution in [2.45, 2.75) is 6.54 Å². The highest BCUT2D eigenvalue weighted by atomic mass is 16.5. The number of esters is 1. The van der Waals surface area contributed by atoms with Gasteiger partial charge in [0.25, 0.3) is 0 Å². The van der Waals surface area contributed by atoms with Crippen LogP contribution in [0.15, 0.2) is 64.8 Å². The highest BCUT2D eigenvalue weighted by Crippen LogP contribution is 2.38. The van der Waals surface area contributed by atoms with Crippen LogP contribution >= 0.6 is 0 Å². The minimum atomic E-state index is -0.608. The molecule has 2 aromatic carbocycles. The van der Waals surface area contributed by atoms with Gasteiger partial charge < -0.3 is 14.6 Å². The number of hydrogen-bond donors (Lipinski definition) is 1. The average molecular weight is 367 g/mol. The number of azo groups is 1. The smallest absolute Gasteiger partial charge is 0.325 e. The summed E-state index contributed by atoms with van der Waals surface area (Å²) >= 11 is 0. The van der Waals surface area contributed by atoms with E-state index in [1.165, 1.54) is 11.7 Å². The number of aromatic hydroxyl groups is 1. The predicted octanol–water partition coefficient (Wildman–Crippen LogP) is 3.21. The third-order valence-electron chi connectivity index (χ3n) is 3.80. The molecule has 0 fully saturated rings. The number of methoxy groups -OCH3 is 1. The Bertz CT molecular complexity index is 995. The largest absolute Gasteiger partial charge is 0.493 e. The van der Waals surface area contributed by atoms with Crippen molar-refractivity contribution in [1.29, 1.82) is 0 Å². The van der Waals surface area contributed by atoms with Crippen LogP contribution < -0.4 is 4.74 Å². The molecule has 0 saturated carbocycles. The highest BCUT2D eigenvalue weighted by molar-refractivity contribution is 5.96. The van der Waals surface area contributed by atoms with Crippen LogP contribution in [-0.4, -0.2) is 35.3 Å².